The van der Waals surface area contributed by atoms with E-state index in [4.69, 9.17) is 9.47 Å². The van der Waals surface area contributed by atoms with E-state index in [1.807, 2.05) is 0 Å². The molecule has 2 aliphatic rings. The number of benzene rings is 1. The van der Waals surface area contributed by atoms with Gasteiger partial charge in [-0.2, -0.15) is 0 Å². The lowest BCUT2D eigenvalue weighted by Gasteiger charge is -2.26. The SMILES string of the molecule is CC(F)(F)c1cc2c(cc1CC1CCCCN1)OCCCO2. The van der Waals surface area contributed by atoms with Crippen LogP contribution in [0.15, 0.2) is 12.1 Å². The monoisotopic (exact) mass is 311 g/mol. The molecule has 3 rings (SSSR count). The van der Waals surface area contributed by atoms with Gasteiger partial charge in [-0.15, -0.1) is 0 Å². The minimum absolute atomic E-state index is 0.0594. The van der Waals surface area contributed by atoms with E-state index in [0.29, 0.717) is 36.7 Å². The normalized spacial score (nSPS) is 22.2. The van der Waals surface area contributed by atoms with Crippen LogP contribution in [0.2, 0.25) is 0 Å². The number of nitrogens with one attached hydrogen (secondary N) is 1. The second kappa shape index (κ2) is 6.41. The number of fused-ring (bicyclic) bond motifs is 1. The summed E-state index contributed by atoms with van der Waals surface area (Å²) in [7, 11) is 0. The Kier molecular flexibility index (Phi) is 4.52. The average molecular weight is 311 g/mol. The Balaban J connectivity index is 1.93. The first-order valence-corrected chi connectivity index (χ1v) is 8.08. The Morgan fingerprint density at radius 1 is 1.14 bits per heavy atom. The molecule has 1 atom stereocenters. The van der Waals surface area contributed by atoms with Gasteiger partial charge in [-0.3, -0.25) is 0 Å². The van der Waals surface area contributed by atoms with Crippen LogP contribution in [0.3, 0.4) is 0 Å². The second-order valence-electron chi connectivity index (χ2n) is 6.25. The molecule has 0 aliphatic carbocycles. The zero-order chi connectivity index (χ0) is 15.6. The van der Waals surface area contributed by atoms with Crippen LogP contribution in [0.4, 0.5) is 8.78 Å². The van der Waals surface area contributed by atoms with Gasteiger partial charge in [0.2, 0.25) is 0 Å². The van der Waals surface area contributed by atoms with Gasteiger partial charge in [-0.25, -0.2) is 8.78 Å². The molecule has 3 nitrogen and oxygen atoms in total. The minimum Gasteiger partial charge on any atom is -0.490 e. The zero-order valence-electron chi connectivity index (χ0n) is 13.0. The Morgan fingerprint density at radius 3 is 2.50 bits per heavy atom. The van der Waals surface area contributed by atoms with Gasteiger partial charge in [0.1, 0.15) is 0 Å². The van der Waals surface area contributed by atoms with Gasteiger partial charge in [-0.05, 0) is 43.5 Å². The van der Waals surface area contributed by atoms with Crippen LogP contribution in [0.1, 0.15) is 43.7 Å². The summed E-state index contributed by atoms with van der Waals surface area (Å²) in [6, 6.07) is 3.49. The van der Waals surface area contributed by atoms with Crippen molar-refractivity contribution >= 4 is 0 Å². The van der Waals surface area contributed by atoms with Crippen molar-refractivity contribution in [3.05, 3.63) is 23.3 Å². The molecule has 1 aromatic rings. The van der Waals surface area contributed by atoms with Crippen molar-refractivity contribution in [1.29, 1.82) is 0 Å². The minimum atomic E-state index is -2.88. The molecule has 0 spiro atoms. The third-order valence-electron chi connectivity index (χ3n) is 4.32. The van der Waals surface area contributed by atoms with Gasteiger partial charge in [-0.1, -0.05) is 6.42 Å². The van der Waals surface area contributed by atoms with Crippen molar-refractivity contribution in [2.75, 3.05) is 19.8 Å². The molecule has 5 heteroatoms. The third-order valence-corrected chi connectivity index (χ3v) is 4.32. The summed E-state index contributed by atoms with van der Waals surface area (Å²) in [5, 5.41) is 3.42. The van der Waals surface area contributed by atoms with E-state index in [1.165, 1.54) is 6.07 Å². The summed E-state index contributed by atoms with van der Waals surface area (Å²) in [6.45, 7) is 2.98. The molecule has 1 unspecified atom stereocenters. The number of hydrogen-bond donors (Lipinski definition) is 1. The highest BCUT2D eigenvalue weighted by Crippen LogP contribution is 2.39. The van der Waals surface area contributed by atoms with Crippen molar-refractivity contribution in [1.82, 2.24) is 5.32 Å². The van der Waals surface area contributed by atoms with Crippen LogP contribution >= 0.6 is 0 Å². The predicted octanol–water partition coefficient (Wildman–Crippen LogP) is 3.64. The van der Waals surface area contributed by atoms with E-state index in [1.54, 1.807) is 6.07 Å². The predicted molar refractivity (Wildman–Crippen MR) is 81.0 cm³/mol. The van der Waals surface area contributed by atoms with Crippen LogP contribution in [-0.4, -0.2) is 25.8 Å². The summed E-state index contributed by atoms with van der Waals surface area (Å²) in [5.41, 5.74) is 0.722. The number of halogens is 2. The fraction of sp³-hybridized carbons (Fsp3) is 0.647. The molecule has 122 valence electrons. The highest BCUT2D eigenvalue weighted by atomic mass is 19.3. The molecule has 0 radical (unpaired) electrons. The molecule has 1 aromatic carbocycles. The summed E-state index contributed by atoms with van der Waals surface area (Å²) in [6.07, 6.45) is 4.72. The van der Waals surface area contributed by atoms with Crippen molar-refractivity contribution in [2.45, 2.75) is 51.0 Å². The first kappa shape index (κ1) is 15.5. The number of rotatable bonds is 3. The number of hydrogen-bond acceptors (Lipinski definition) is 3. The van der Waals surface area contributed by atoms with Gasteiger partial charge in [0.05, 0.1) is 13.2 Å². The largest absolute Gasteiger partial charge is 0.490 e. The molecule has 0 saturated carbocycles. The van der Waals surface area contributed by atoms with Crippen LogP contribution < -0.4 is 14.8 Å². The highest BCUT2D eigenvalue weighted by molar-refractivity contribution is 5.49. The molecule has 1 fully saturated rings. The quantitative estimate of drug-likeness (QED) is 0.924. The molecule has 0 amide bonds. The Hall–Kier alpha value is -1.36. The topological polar surface area (TPSA) is 30.5 Å². The average Bonchev–Trinajstić information content (AvgIpc) is 2.71. The highest BCUT2D eigenvalue weighted by Gasteiger charge is 2.31. The molecular formula is C17H23F2NO2. The van der Waals surface area contributed by atoms with Gasteiger partial charge in [0, 0.05) is 24.9 Å². The van der Waals surface area contributed by atoms with E-state index >= 15 is 0 Å². The Bertz CT molecular complexity index is 522. The van der Waals surface area contributed by atoms with Gasteiger partial charge < -0.3 is 14.8 Å². The van der Waals surface area contributed by atoms with Crippen LogP contribution in [0.5, 0.6) is 11.5 Å². The lowest BCUT2D eigenvalue weighted by Crippen LogP contribution is -2.36. The molecule has 22 heavy (non-hydrogen) atoms. The lowest BCUT2D eigenvalue weighted by molar-refractivity contribution is 0.0161. The standard InChI is InChI=1S/C17H23F2NO2/c1-17(18,19)14-11-16-15(21-7-4-8-22-16)10-12(14)9-13-5-2-3-6-20-13/h10-11,13,20H,2-9H2,1H3. The molecule has 1 N–H and O–H groups in total. The maximum absolute atomic E-state index is 14.0. The first-order valence-electron chi connectivity index (χ1n) is 8.08. The zero-order valence-corrected chi connectivity index (χ0v) is 13.0. The van der Waals surface area contributed by atoms with Gasteiger partial charge >= 0.3 is 0 Å². The van der Waals surface area contributed by atoms with E-state index in [0.717, 1.165) is 39.2 Å². The number of ether oxygens (including phenoxy) is 2. The van der Waals surface area contributed by atoms with Gasteiger partial charge in [0.25, 0.3) is 5.92 Å². The van der Waals surface area contributed by atoms with E-state index in [2.05, 4.69) is 5.32 Å². The summed E-state index contributed by atoms with van der Waals surface area (Å²) in [4.78, 5) is 0. The molecule has 1 saturated heterocycles. The lowest BCUT2D eigenvalue weighted by atomic mass is 9.92. The van der Waals surface area contributed by atoms with Gasteiger partial charge in [0.15, 0.2) is 11.5 Å². The molecule has 0 bridgehead atoms. The summed E-state index contributed by atoms with van der Waals surface area (Å²) < 4.78 is 39.3. The number of piperidine rings is 1. The van der Waals surface area contributed by atoms with Crippen LogP contribution in [0.25, 0.3) is 0 Å². The van der Waals surface area contributed by atoms with Crippen molar-refractivity contribution < 1.29 is 18.3 Å². The van der Waals surface area contributed by atoms with Crippen LogP contribution in [-0.2, 0) is 12.3 Å². The first-order chi connectivity index (χ1) is 10.5. The van der Waals surface area contributed by atoms with Crippen molar-refractivity contribution in [2.24, 2.45) is 0 Å². The summed E-state index contributed by atoms with van der Waals surface area (Å²) >= 11 is 0. The fourth-order valence-electron chi connectivity index (χ4n) is 3.19. The molecule has 2 heterocycles. The Morgan fingerprint density at radius 2 is 1.86 bits per heavy atom. The van der Waals surface area contributed by atoms with Crippen molar-refractivity contribution in [3.63, 3.8) is 0 Å². The number of alkyl halides is 2. The Labute approximate surface area is 130 Å². The van der Waals surface area contributed by atoms with E-state index in [-0.39, 0.29) is 11.6 Å². The van der Waals surface area contributed by atoms with E-state index in [9.17, 15) is 8.78 Å². The van der Waals surface area contributed by atoms with Crippen LogP contribution in [0, 0.1) is 0 Å². The summed E-state index contributed by atoms with van der Waals surface area (Å²) in [5.74, 6) is -1.85. The molecule has 2 aliphatic heterocycles. The molecular weight excluding hydrogens is 288 g/mol. The smallest absolute Gasteiger partial charge is 0.270 e. The fourth-order valence-corrected chi connectivity index (χ4v) is 3.19. The second-order valence-corrected chi connectivity index (χ2v) is 6.25. The van der Waals surface area contributed by atoms with E-state index < -0.39 is 5.92 Å². The maximum Gasteiger partial charge on any atom is 0.270 e. The van der Waals surface area contributed by atoms with Crippen molar-refractivity contribution in [3.8, 4) is 11.5 Å². The third kappa shape index (κ3) is 3.51. The molecule has 0 aromatic heterocycles. The maximum atomic E-state index is 14.0.